The molecule has 0 radical (unpaired) electrons. The monoisotopic (exact) mass is 546 g/mol. The first kappa shape index (κ1) is 29.9. The molecule has 10 nitrogen and oxygen atoms in total. The van der Waals surface area contributed by atoms with Crippen LogP contribution in [0.5, 0.6) is 0 Å². The molecule has 0 aromatic heterocycles. The number of amides is 1. The quantitative estimate of drug-likeness (QED) is 0.370. The van der Waals surface area contributed by atoms with Gasteiger partial charge in [0.1, 0.15) is 0 Å². The molecule has 204 valence electrons. The average molecular weight is 547 g/mol. The Morgan fingerprint density at radius 2 is 1.76 bits per heavy atom. The van der Waals surface area contributed by atoms with Gasteiger partial charge in [-0.15, -0.1) is 0 Å². The van der Waals surface area contributed by atoms with Gasteiger partial charge < -0.3 is 25.4 Å². The molecular formula is C23H29F3N4O6S. The molecule has 4 N–H and O–H groups in total. The summed E-state index contributed by atoms with van der Waals surface area (Å²) in [7, 11) is -2.20. The number of rotatable bonds is 8. The lowest BCUT2D eigenvalue weighted by Gasteiger charge is -2.31. The molecule has 0 saturated carbocycles. The summed E-state index contributed by atoms with van der Waals surface area (Å²) in [6.07, 6.45) is -5.08. The molecule has 1 heterocycles. The minimum absolute atomic E-state index is 0.210. The summed E-state index contributed by atoms with van der Waals surface area (Å²) < 4.78 is 65.0. The summed E-state index contributed by atoms with van der Waals surface area (Å²) in [4.78, 5) is 24.1. The SMILES string of the molecule is COCCNC(=O)c1cc(NS(=O)(=O)c2ccccc2C)ccc1N1CCNCC1.O=C(O)C(F)(F)F. The zero-order valence-corrected chi connectivity index (χ0v) is 21.1. The number of hydrogen-bond acceptors (Lipinski definition) is 7. The number of ether oxygens (including phenoxy) is 1. The molecule has 0 unspecified atom stereocenters. The predicted molar refractivity (Wildman–Crippen MR) is 131 cm³/mol. The topological polar surface area (TPSA) is 137 Å². The Morgan fingerprint density at radius 3 is 2.32 bits per heavy atom. The van der Waals surface area contributed by atoms with Crippen molar-refractivity contribution in [3.8, 4) is 0 Å². The Balaban J connectivity index is 0.000000604. The van der Waals surface area contributed by atoms with E-state index in [-0.39, 0.29) is 10.8 Å². The molecule has 3 rings (SSSR count). The Morgan fingerprint density at radius 1 is 1.14 bits per heavy atom. The van der Waals surface area contributed by atoms with Crippen LogP contribution in [0.3, 0.4) is 0 Å². The number of sulfonamides is 1. The Labute approximate surface area is 212 Å². The van der Waals surface area contributed by atoms with E-state index in [4.69, 9.17) is 14.6 Å². The lowest BCUT2D eigenvalue weighted by atomic mass is 10.1. The number of carbonyl (C=O) groups excluding carboxylic acids is 1. The first-order chi connectivity index (χ1) is 17.4. The Bertz CT molecular complexity index is 1190. The van der Waals surface area contributed by atoms with Crippen molar-refractivity contribution in [2.75, 3.05) is 56.1 Å². The number of nitrogens with one attached hydrogen (secondary N) is 3. The van der Waals surface area contributed by atoms with E-state index in [9.17, 15) is 26.4 Å². The molecule has 2 aromatic rings. The third-order valence-corrected chi connectivity index (χ3v) is 6.71. The fourth-order valence-electron chi connectivity index (χ4n) is 3.39. The normalized spacial score (nSPS) is 13.8. The highest BCUT2D eigenvalue weighted by Gasteiger charge is 2.38. The molecule has 1 saturated heterocycles. The van der Waals surface area contributed by atoms with Crippen LogP contribution in [0.25, 0.3) is 0 Å². The maximum atomic E-state index is 12.9. The fraction of sp³-hybridized carbons (Fsp3) is 0.391. The number of aryl methyl sites for hydroxylation is 1. The van der Waals surface area contributed by atoms with E-state index < -0.39 is 22.2 Å². The number of nitrogens with zero attached hydrogens (tertiary/aromatic N) is 1. The molecule has 0 spiro atoms. The minimum atomic E-state index is -5.08. The molecule has 1 aliphatic heterocycles. The van der Waals surface area contributed by atoms with Crippen LogP contribution in [0, 0.1) is 6.92 Å². The molecule has 1 amide bonds. The first-order valence-corrected chi connectivity index (χ1v) is 12.6. The van der Waals surface area contributed by atoms with Crippen molar-refractivity contribution in [1.29, 1.82) is 0 Å². The van der Waals surface area contributed by atoms with E-state index >= 15 is 0 Å². The van der Waals surface area contributed by atoms with Gasteiger partial charge in [-0.1, -0.05) is 18.2 Å². The van der Waals surface area contributed by atoms with Gasteiger partial charge in [0.05, 0.1) is 17.1 Å². The number of methoxy groups -OCH3 is 1. The van der Waals surface area contributed by atoms with Crippen LogP contribution >= 0.6 is 0 Å². The van der Waals surface area contributed by atoms with Crippen molar-refractivity contribution < 1.29 is 41.0 Å². The first-order valence-electron chi connectivity index (χ1n) is 11.1. The highest BCUT2D eigenvalue weighted by molar-refractivity contribution is 7.92. The van der Waals surface area contributed by atoms with Crippen molar-refractivity contribution in [2.24, 2.45) is 0 Å². The third-order valence-electron chi connectivity index (χ3n) is 5.17. The fourth-order valence-corrected chi connectivity index (χ4v) is 4.69. The molecule has 0 atom stereocenters. The van der Waals surface area contributed by atoms with Gasteiger partial charge in [-0.3, -0.25) is 9.52 Å². The van der Waals surface area contributed by atoms with Gasteiger partial charge in [0, 0.05) is 51.2 Å². The number of carbonyl (C=O) groups is 2. The standard InChI is InChI=1S/C21H28N4O4S.C2HF3O2/c1-16-5-3-4-6-20(16)30(27,28)24-17-7-8-19(25-12-9-22-10-13-25)18(15-17)21(26)23-11-14-29-2;3-2(4,5)1(6)7/h3-8,15,22,24H,9-14H2,1-2H3,(H,23,26);(H,6,7). The van der Waals surface area contributed by atoms with Crippen molar-refractivity contribution in [3.05, 3.63) is 53.6 Å². The summed E-state index contributed by atoms with van der Waals surface area (Å²) >= 11 is 0. The van der Waals surface area contributed by atoms with Gasteiger partial charge in [0.25, 0.3) is 15.9 Å². The molecule has 2 aromatic carbocycles. The lowest BCUT2D eigenvalue weighted by molar-refractivity contribution is -0.192. The lowest BCUT2D eigenvalue weighted by Crippen LogP contribution is -2.44. The molecule has 0 aliphatic carbocycles. The smallest absolute Gasteiger partial charge is 0.475 e. The highest BCUT2D eigenvalue weighted by Crippen LogP contribution is 2.27. The molecule has 0 bridgehead atoms. The molecule has 14 heteroatoms. The van der Waals surface area contributed by atoms with Gasteiger partial charge in [-0.2, -0.15) is 13.2 Å². The van der Waals surface area contributed by atoms with E-state index in [1.165, 1.54) is 0 Å². The number of anilines is 2. The molecule has 1 aliphatic rings. The number of hydrogen-bond donors (Lipinski definition) is 4. The summed E-state index contributed by atoms with van der Waals surface area (Å²) in [5, 5.41) is 13.2. The maximum Gasteiger partial charge on any atom is 0.490 e. The molecular weight excluding hydrogens is 517 g/mol. The second kappa shape index (κ2) is 13.3. The van der Waals surface area contributed by atoms with Gasteiger partial charge in [0.15, 0.2) is 0 Å². The zero-order valence-electron chi connectivity index (χ0n) is 20.3. The summed E-state index contributed by atoms with van der Waals surface area (Å²) in [5.74, 6) is -3.02. The minimum Gasteiger partial charge on any atom is -0.475 e. The van der Waals surface area contributed by atoms with Crippen LogP contribution in [0.4, 0.5) is 24.5 Å². The highest BCUT2D eigenvalue weighted by atomic mass is 32.2. The van der Waals surface area contributed by atoms with E-state index in [2.05, 4.69) is 20.3 Å². The second-order valence-corrected chi connectivity index (χ2v) is 9.54. The maximum absolute atomic E-state index is 12.9. The van der Waals surface area contributed by atoms with Crippen LogP contribution in [0.2, 0.25) is 0 Å². The number of carboxylic acids is 1. The number of alkyl halides is 3. The second-order valence-electron chi connectivity index (χ2n) is 7.89. The van der Waals surface area contributed by atoms with Crippen LogP contribution in [-0.2, 0) is 19.6 Å². The summed E-state index contributed by atoms with van der Waals surface area (Å²) in [6.45, 7) is 5.71. The van der Waals surface area contributed by atoms with Crippen LogP contribution < -0.4 is 20.3 Å². The van der Waals surface area contributed by atoms with Crippen molar-refractivity contribution in [1.82, 2.24) is 10.6 Å². The predicted octanol–water partition coefficient (Wildman–Crippen LogP) is 2.21. The summed E-state index contributed by atoms with van der Waals surface area (Å²) in [5.41, 5.74) is 2.21. The number of piperazine rings is 1. The van der Waals surface area contributed by atoms with Crippen LogP contribution in [-0.4, -0.2) is 78.0 Å². The van der Waals surface area contributed by atoms with Gasteiger partial charge >= 0.3 is 12.1 Å². The number of benzene rings is 2. The third kappa shape index (κ3) is 8.91. The van der Waals surface area contributed by atoms with Crippen molar-refractivity contribution in [2.45, 2.75) is 18.0 Å². The van der Waals surface area contributed by atoms with E-state index in [1.54, 1.807) is 56.5 Å². The number of halogens is 3. The van der Waals surface area contributed by atoms with Crippen LogP contribution in [0.15, 0.2) is 47.4 Å². The van der Waals surface area contributed by atoms with E-state index in [0.29, 0.717) is 30.0 Å². The largest absolute Gasteiger partial charge is 0.490 e. The van der Waals surface area contributed by atoms with Crippen LogP contribution in [0.1, 0.15) is 15.9 Å². The molecule has 1 fully saturated rings. The number of aliphatic carboxylic acids is 1. The van der Waals surface area contributed by atoms with E-state index in [1.807, 2.05) is 0 Å². The zero-order chi connectivity index (χ0) is 27.6. The Kier molecular flexibility index (Phi) is 10.7. The van der Waals surface area contributed by atoms with Crippen molar-refractivity contribution in [3.63, 3.8) is 0 Å². The summed E-state index contributed by atoms with van der Waals surface area (Å²) in [6, 6.07) is 11.9. The van der Waals surface area contributed by atoms with Crippen molar-refractivity contribution >= 4 is 33.3 Å². The van der Waals surface area contributed by atoms with Gasteiger partial charge in [0.2, 0.25) is 0 Å². The molecule has 37 heavy (non-hydrogen) atoms. The average Bonchev–Trinajstić information content (AvgIpc) is 2.84. The van der Waals surface area contributed by atoms with E-state index in [0.717, 1.165) is 31.9 Å². The van der Waals surface area contributed by atoms with Gasteiger partial charge in [-0.25, -0.2) is 13.2 Å². The van der Waals surface area contributed by atoms with Gasteiger partial charge in [-0.05, 0) is 36.8 Å². The Hall–Kier alpha value is -3.36. The number of carboxylic acid groups (broad SMARTS) is 1.